The summed E-state index contributed by atoms with van der Waals surface area (Å²) >= 11 is 0. The first-order chi connectivity index (χ1) is 9.20. The minimum absolute atomic E-state index is 0.104. The molecule has 0 aromatic heterocycles. The SMILES string of the molecule is CNc1ccccc1/C=C/c1ccc([N+](=O)[O-])cc1. The van der Waals surface area contributed by atoms with Crippen molar-refractivity contribution < 1.29 is 4.92 Å². The van der Waals surface area contributed by atoms with Crippen LogP contribution in [0.15, 0.2) is 48.5 Å². The third-order valence-corrected chi connectivity index (χ3v) is 2.79. The van der Waals surface area contributed by atoms with Crippen LogP contribution in [0.3, 0.4) is 0 Å². The quantitative estimate of drug-likeness (QED) is 0.513. The fourth-order valence-electron chi connectivity index (χ4n) is 1.76. The maximum absolute atomic E-state index is 10.6. The van der Waals surface area contributed by atoms with Crippen LogP contribution in [0.25, 0.3) is 12.2 Å². The van der Waals surface area contributed by atoms with Gasteiger partial charge in [0.2, 0.25) is 0 Å². The van der Waals surface area contributed by atoms with Gasteiger partial charge in [-0.3, -0.25) is 10.1 Å². The smallest absolute Gasteiger partial charge is 0.269 e. The molecule has 0 saturated carbocycles. The number of nitrogens with zero attached hydrogens (tertiary/aromatic N) is 1. The van der Waals surface area contributed by atoms with Gasteiger partial charge in [0.05, 0.1) is 4.92 Å². The molecular formula is C15H14N2O2. The molecule has 2 aromatic rings. The van der Waals surface area contributed by atoms with E-state index in [-0.39, 0.29) is 5.69 Å². The minimum atomic E-state index is -0.399. The Kier molecular flexibility index (Phi) is 3.93. The topological polar surface area (TPSA) is 55.2 Å². The highest BCUT2D eigenvalue weighted by Gasteiger charge is 2.02. The first-order valence-electron chi connectivity index (χ1n) is 5.90. The number of rotatable bonds is 4. The molecule has 96 valence electrons. The summed E-state index contributed by atoms with van der Waals surface area (Å²) in [6.45, 7) is 0. The summed E-state index contributed by atoms with van der Waals surface area (Å²) in [4.78, 5) is 10.2. The van der Waals surface area contributed by atoms with Crippen LogP contribution in [0.4, 0.5) is 11.4 Å². The molecule has 0 aliphatic carbocycles. The van der Waals surface area contributed by atoms with Gasteiger partial charge < -0.3 is 5.32 Å². The summed E-state index contributed by atoms with van der Waals surface area (Å²) < 4.78 is 0. The lowest BCUT2D eigenvalue weighted by Gasteiger charge is -2.03. The highest BCUT2D eigenvalue weighted by molar-refractivity contribution is 5.76. The zero-order valence-corrected chi connectivity index (χ0v) is 10.5. The molecule has 2 rings (SSSR count). The average molecular weight is 254 g/mol. The van der Waals surface area contributed by atoms with Crippen LogP contribution in [0.5, 0.6) is 0 Å². The van der Waals surface area contributed by atoms with Crippen LogP contribution in [-0.2, 0) is 0 Å². The molecule has 4 heteroatoms. The summed E-state index contributed by atoms with van der Waals surface area (Å²) in [5.74, 6) is 0. The molecule has 0 heterocycles. The van der Waals surface area contributed by atoms with Crippen molar-refractivity contribution in [1.29, 1.82) is 0 Å². The second-order valence-electron chi connectivity index (χ2n) is 4.02. The number of benzene rings is 2. The molecule has 19 heavy (non-hydrogen) atoms. The van der Waals surface area contributed by atoms with Crippen LogP contribution in [-0.4, -0.2) is 12.0 Å². The number of nitrogens with one attached hydrogen (secondary N) is 1. The van der Waals surface area contributed by atoms with E-state index in [4.69, 9.17) is 0 Å². The van der Waals surface area contributed by atoms with Gasteiger partial charge >= 0.3 is 0 Å². The van der Waals surface area contributed by atoms with Gasteiger partial charge in [0.15, 0.2) is 0 Å². The molecule has 2 aromatic carbocycles. The second-order valence-corrected chi connectivity index (χ2v) is 4.02. The van der Waals surface area contributed by atoms with Gasteiger partial charge in [-0.15, -0.1) is 0 Å². The molecule has 0 bridgehead atoms. The maximum Gasteiger partial charge on any atom is 0.269 e. The van der Waals surface area contributed by atoms with E-state index < -0.39 is 4.92 Å². The van der Waals surface area contributed by atoms with Crippen molar-refractivity contribution in [3.8, 4) is 0 Å². The van der Waals surface area contributed by atoms with Crippen LogP contribution >= 0.6 is 0 Å². The van der Waals surface area contributed by atoms with Gasteiger partial charge in [0.1, 0.15) is 0 Å². The van der Waals surface area contributed by atoms with Crippen LogP contribution in [0.2, 0.25) is 0 Å². The number of nitro groups is 1. The van der Waals surface area contributed by atoms with Gasteiger partial charge in [-0.1, -0.05) is 30.4 Å². The Morgan fingerprint density at radius 2 is 1.74 bits per heavy atom. The molecule has 0 unspecified atom stereocenters. The monoisotopic (exact) mass is 254 g/mol. The van der Waals surface area contributed by atoms with E-state index in [1.165, 1.54) is 12.1 Å². The molecular weight excluding hydrogens is 240 g/mol. The van der Waals surface area contributed by atoms with E-state index in [0.717, 1.165) is 16.8 Å². The fourth-order valence-corrected chi connectivity index (χ4v) is 1.76. The van der Waals surface area contributed by atoms with Gasteiger partial charge in [-0.05, 0) is 29.3 Å². The molecule has 0 aliphatic heterocycles. The summed E-state index contributed by atoms with van der Waals surface area (Å²) in [5.41, 5.74) is 3.15. The number of nitro benzene ring substituents is 1. The van der Waals surface area contributed by atoms with Gasteiger partial charge in [-0.2, -0.15) is 0 Å². The molecule has 1 N–H and O–H groups in total. The van der Waals surface area contributed by atoms with E-state index in [1.807, 2.05) is 43.5 Å². The molecule has 0 amide bonds. The Morgan fingerprint density at radius 3 is 2.37 bits per heavy atom. The molecule has 0 spiro atoms. The Labute approximate surface area is 111 Å². The molecule has 0 fully saturated rings. The highest BCUT2D eigenvalue weighted by Crippen LogP contribution is 2.18. The predicted octanol–water partition coefficient (Wildman–Crippen LogP) is 3.81. The third-order valence-electron chi connectivity index (χ3n) is 2.79. The van der Waals surface area contributed by atoms with Gasteiger partial charge in [-0.25, -0.2) is 0 Å². The largest absolute Gasteiger partial charge is 0.388 e. The van der Waals surface area contributed by atoms with E-state index in [2.05, 4.69) is 5.32 Å². The Morgan fingerprint density at radius 1 is 1.05 bits per heavy atom. The zero-order valence-electron chi connectivity index (χ0n) is 10.5. The normalized spacial score (nSPS) is 10.6. The minimum Gasteiger partial charge on any atom is -0.388 e. The van der Waals surface area contributed by atoms with E-state index >= 15 is 0 Å². The first kappa shape index (κ1) is 12.8. The van der Waals surface area contributed by atoms with Gasteiger partial charge in [0, 0.05) is 24.9 Å². The predicted molar refractivity (Wildman–Crippen MR) is 78.0 cm³/mol. The van der Waals surface area contributed by atoms with E-state index in [0.29, 0.717) is 0 Å². The lowest BCUT2D eigenvalue weighted by Crippen LogP contribution is -1.90. The van der Waals surface area contributed by atoms with Crippen molar-refractivity contribution in [3.63, 3.8) is 0 Å². The van der Waals surface area contributed by atoms with Gasteiger partial charge in [0.25, 0.3) is 5.69 Å². The summed E-state index contributed by atoms with van der Waals surface area (Å²) in [5, 5.41) is 13.7. The molecule has 0 radical (unpaired) electrons. The zero-order chi connectivity index (χ0) is 13.7. The molecule has 0 aliphatic rings. The Balaban J connectivity index is 2.20. The maximum atomic E-state index is 10.6. The third kappa shape index (κ3) is 3.19. The summed E-state index contributed by atoms with van der Waals surface area (Å²) in [7, 11) is 1.87. The molecule has 4 nitrogen and oxygen atoms in total. The molecule has 0 atom stereocenters. The summed E-state index contributed by atoms with van der Waals surface area (Å²) in [6.07, 6.45) is 3.91. The van der Waals surface area contributed by atoms with E-state index in [1.54, 1.807) is 12.1 Å². The van der Waals surface area contributed by atoms with Crippen LogP contribution in [0.1, 0.15) is 11.1 Å². The second kappa shape index (κ2) is 5.82. The number of hydrogen-bond acceptors (Lipinski definition) is 3. The van der Waals surface area contributed by atoms with Crippen molar-refractivity contribution in [1.82, 2.24) is 0 Å². The Bertz CT molecular complexity index is 604. The summed E-state index contributed by atoms with van der Waals surface area (Å²) in [6, 6.07) is 14.4. The van der Waals surface area contributed by atoms with Crippen LogP contribution in [0, 0.1) is 10.1 Å². The number of para-hydroxylation sites is 1. The lowest BCUT2D eigenvalue weighted by molar-refractivity contribution is -0.384. The van der Waals surface area contributed by atoms with Crippen molar-refractivity contribution in [2.45, 2.75) is 0 Å². The van der Waals surface area contributed by atoms with Crippen molar-refractivity contribution in [3.05, 3.63) is 69.8 Å². The van der Waals surface area contributed by atoms with Crippen LogP contribution < -0.4 is 5.32 Å². The van der Waals surface area contributed by atoms with Crippen molar-refractivity contribution >= 4 is 23.5 Å². The number of anilines is 1. The highest BCUT2D eigenvalue weighted by atomic mass is 16.6. The first-order valence-corrected chi connectivity index (χ1v) is 5.90. The number of non-ortho nitro benzene ring substituents is 1. The average Bonchev–Trinajstić information content (AvgIpc) is 2.45. The number of hydrogen-bond donors (Lipinski definition) is 1. The van der Waals surface area contributed by atoms with Crippen molar-refractivity contribution in [2.24, 2.45) is 0 Å². The standard InChI is InChI=1S/C15H14N2O2/c1-16-15-5-3-2-4-13(15)9-6-12-7-10-14(11-8-12)17(18)19/h2-11,16H,1H3/b9-6+. The van der Waals surface area contributed by atoms with Crippen molar-refractivity contribution in [2.75, 3.05) is 12.4 Å². The van der Waals surface area contributed by atoms with E-state index in [9.17, 15) is 10.1 Å². The lowest BCUT2D eigenvalue weighted by atomic mass is 10.1. The fraction of sp³-hybridized carbons (Fsp3) is 0.0667. The molecule has 0 saturated heterocycles. The Hall–Kier alpha value is -2.62.